The second kappa shape index (κ2) is 4.18. The molecule has 0 aromatic carbocycles. The Bertz CT molecular complexity index is 363. The summed E-state index contributed by atoms with van der Waals surface area (Å²) in [5.41, 5.74) is 1.00. The number of likely N-dealkylation sites (tertiary alicyclic amines) is 1. The molecule has 1 saturated carbocycles. The summed E-state index contributed by atoms with van der Waals surface area (Å²) in [5.74, 6) is 1.96. The lowest BCUT2D eigenvalue weighted by molar-refractivity contribution is 0.183. The fourth-order valence-corrected chi connectivity index (χ4v) is 3.12. The van der Waals surface area contributed by atoms with Gasteiger partial charge in [-0.15, -0.1) is 0 Å². The summed E-state index contributed by atoms with van der Waals surface area (Å²) < 4.78 is 5.36. The summed E-state index contributed by atoms with van der Waals surface area (Å²) in [6, 6.07) is 2.88. The summed E-state index contributed by atoms with van der Waals surface area (Å²) in [6.45, 7) is 2.99. The number of piperidine rings is 1. The fourth-order valence-electron chi connectivity index (χ4n) is 3.12. The summed E-state index contributed by atoms with van der Waals surface area (Å²) in [6.07, 6.45) is 4.21. The number of nitrogens with zero attached hydrogens (tertiary/aromatic N) is 2. The highest BCUT2D eigenvalue weighted by molar-refractivity contribution is 5.06. The lowest BCUT2D eigenvalue weighted by atomic mass is 10.1. The van der Waals surface area contributed by atoms with Gasteiger partial charge in [0.05, 0.1) is 12.2 Å². The molecule has 1 aliphatic carbocycles. The molecule has 0 spiro atoms. The van der Waals surface area contributed by atoms with Crippen molar-refractivity contribution in [2.75, 3.05) is 13.6 Å². The van der Waals surface area contributed by atoms with Crippen molar-refractivity contribution in [2.24, 2.45) is 5.92 Å². The molecular weight excluding hydrogens is 202 g/mol. The number of fused-ring (bicyclic) bond motifs is 2. The third kappa shape index (κ3) is 1.87. The number of rotatable bonds is 4. The maximum atomic E-state index is 5.36. The van der Waals surface area contributed by atoms with Crippen LogP contribution in [0.25, 0.3) is 0 Å². The van der Waals surface area contributed by atoms with Gasteiger partial charge in [-0.3, -0.25) is 4.90 Å². The van der Waals surface area contributed by atoms with Crippen LogP contribution < -0.4 is 5.32 Å². The molecule has 1 saturated heterocycles. The quantitative estimate of drug-likeness (QED) is 0.834. The first-order valence-electron chi connectivity index (χ1n) is 6.18. The molecule has 2 aliphatic rings. The van der Waals surface area contributed by atoms with E-state index in [4.69, 9.17) is 4.52 Å². The molecule has 2 heterocycles. The van der Waals surface area contributed by atoms with Crippen LogP contribution in [0, 0.1) is 5.92 Å². The van der Waals surface area contributed by atoms with Gasteiger partial charge in [0.2, 0.25) is 0 Å². The van der Waals surface area contributed by atoms with Gasteiger partial charge in [-0.05, 0) is 32.2 Å². The predicted molar refractivity (Wildman–Crippen MR) is 60.8 cm³/mol. The Labute approximate surface area is 96.0 Å². The van der Waals surface area contributed by atoms with Crippen LogP contribution in [0.5, 0.6) is 0 Å². The van der Waals surface area contributed by atoms with E-state index in [0.29, 0.717) is 0 Å². The van der Waals surface area contributed by atoms with Crippen LogP contribution in [0.1, 0.15) is 30.7 Å². The number of hydrogen-bond acceptors (Lipinski definition) is 4. The van der Waals surface area contributed by atoms with Crippen LogP contribution in [0.3, 0.4) is 0 Å². The van der Waals surface area contributed by atoms with E-state index in [-0.39, 0.29) is 0 Å². The molecule has 2 unspecified atom stereocenters. The van der Waals surface area contributed by atoms with Crippen LogP contribution in [-0.2, 0) is 13.1 Å². The van der Waals surface area contributed by atoms with E-state index in [0.717, 1.165) is 36.5 Å². The Morgan fingerprint density at radius 1 is 1.56 bits per heavy atom. The minimum absolute atomic E-state index is 0.787. The molecule has 16 heavy (non-hydrogen) atoms. The first-order chi connectivity index (χ1) is 7.85. The van der Waals surface area contributed by atoms with Crippen molar-refractivity contribution in [1.29, 1.82) is 0 Å². The second-order valence-electron chi connectivity index (χ2n) is 5.08. The van der Waals surface area contributed by atoms with E-state index >= 15 is 0 Å². The molecule has 3 rings (SSSR count). The van der Waals surface area contributed by atoms with Gasteiger partial charge in [0.15, 0.2) is 5.76 Å². The van der Waals surface area contributed by atoms with Crippen molar-refractivity contribution >= 4 is 0 Å². The van der Waals surface area contributed by atoms with Gasteiger partial charge in [0.25, 0.3) is 0 Å². The molecule has 2 bridgehead atoms. The van der Waals surface area contributed by atoms with Gasteiger partial charge in [-0.1, -0.05) is 5.16 Å². The highest BCUT2D eigenvalue weighted by atomic mass is 16.5. The average Bonchev–Trinajstić information content (AvgIpc) is 2.95. The monoisotopic (exact) mass is 221 g/mol. The largest absolute Gasteiger partial charge is 0.360 e. The van der Waals surface area contributed by atoms with Crippen molar-refractivity contribution in [3.63, 3.8) is 0 Å². The van der Waals surface area contributed by atoms with Gasteiger partial charge in [-0.25, -0.2) is 0 Å². The molecule has 4 heteroatoms. The summed E-state index contributed by atoms with van der Waals surface area (Å²) >= 11 is 0. The minimum Gasteiger partial charge on any atom is -0.360 e. The molecule has 1 aromatic rings. The van der Waals surface area contributed by atoms with E-state index in [1.54, 1.807) is 0 Å². The topological polar surface area (TPSA) is 41.3 Å². The molecule has 1 N–H and O–H groups in total. The van der Waals surface area contributed by atoms with Crippen LogP contribution in [0.15, 0.2) is 10.6 Å². The van der Waals surface area contributed by atoms with Gasteiger partial charge >= 0.3 is 0 Å². The molecular formula is C12H19N3O. The smallest absolute Gasteiger partial charge is 0.151 e. The van der Waals surface area contributed by atoms with Crippen molar-refractivity contribution in [2.45, 2.75) is 38.4 Å². The van der Waals surface area contributed by atoms with Crippen molar-refractivity contribution in [3.8, 4) is 0 Å². The Balaban J connectivity index is 1.61. The first kappa shape index (κ1) is 10.3. The minimum atomic E-state index is 0.787. The Morgan fingerprint density at radius 3 is 3.19 bits per heavy atom. The third-order valence-corrected chi connectivity index (χ3v) is 3.85. The molecule has 0 radical (unpaired) electrons. The van der Waals surface area contributed by atoms with E-state index in [2.05, 4.69) is 21.4 Å². The number of aromatic nitrogens is 1. The lowest BCUT2D eigenvalue weighted by Gasteiger charge is -2.25. The van der Waals surface area contributed by atoms with Gasteiger partial charge in [0.1, 0.15) is 0 Å². The van der Waals surface area contributed by atoms with E-state index in [1.807, 2.05) is 7.05 Å². The van der Waals surface area contributed by atoms with E-state index in [9.17, 15) is 0 Å². The zero-order valence-electron chi connectivity index (χ0n) is 9.78. The highest BCUT2D eigenvalue weighted by Gasteiger charge is 2.37. The highest BCUT2D eigenvalue weighted by Crippen LogP contribution is 2.38. The summed E-state index contributed by atoms with van der Waals surface area (Å²) in [4.78, 5) is 2.55. The van der Waals surface area contributed by atoms with Gasteiger partial charge in [0, 0.05) is 25.2 Å². The molecule has 2 fully saturated rings. The molecule has 88 valence electrons. The summed E-state index contributed by atoms with van der Waals surface area (Å²) in [5, 5.41) is 7.13. The maximum absolute atomic E-state index is 5.36. The Kier molecular flexibility index (Phi) is 2.69. The molecule has 1 aromatic heterocycles. The lowest BCUT2D eigenvalue weighted by Crippen LogP contribution is -2.31. The average molecular weight is 221 g/mol. The number of nitrogens with one attached hydrogen (secondary N) is 1. The SMILES string of the molecule is CNCc1cc(CN2CC3CCC2C3)on1. The van der Waals surface area contributed by atoms with Crippen LogP contribution in [0.2, 0.25) is 0 Å². The molecule has 2 atom stereocenters. The molecule has 1 aliphatic heterocycles. The fraction of sp³-hybridized carbons (Fsp3) is 0.750. The molecule has 0 amide bonds. The van der Waals surface area contributed by atoms with E-state index < -0.39 is 0 Å². The normalized spacial score (nSPS) is 29.1. The van der Waals surface area contributed by atoms with Crippen LogP contribution in [0.4, 0.5) is 0 Å². The van der Waals surface area contributed by atoms with E-state index in [1.165, 1.54) is 25.8 Å². The van der Waals surface area contributed by atoms with Crippen molar-refractivity contribution < 1.29 is 4.52 Å². The standard InChI is InChI=1S/C12H19N3O/c1-13-6-10-5-12(16-14-10)8-15-7-9-2-3-11(15)4-9/h5,9,11,13H,2-4,6-8H2,1H3. The maximum Gasteiger partial charge on any atom is 0.151 e. The number of hydrogen-bond donors (Lipinski definition) is 1. The third-order valence-electron chi connectivity index (χ3n) is 3.85. The Hall–Kier alpha value is -0.870. The Morgan fingerprint density at radius 2 is 2.50 bits per heavy atom. The second-order valence-corrected chi connectivity index (χ2v) is 5.08. The zero-order chi connectivity index (χ0) is 11.0. The zero-order valence-corrected chi connectivity index (χ0v) is 9.78. The van der Waals surface area contributed by atoms with Gasteiger partial charge < -0.3 is 9.84 Å². The predicted octanol–water partition coefficient (Wildman–Crippen LogP) is 1.38. The van der Waals surface area contributed by atoms with Crippen molar-refractivity contribution in [1.82, 2.24) is 15.4 Å². The van der Waals surface area contributed by atoms with Gasteiger partial charge in [-0.2, -0.15) is 0 Å². The van der Waals surface area contributed by atoms with Crippen LogP contribution >= 0.6 is 0 Å². The summed E-state index contributed by atoms with van der Waals surface area (Å²) in [7, 11) is 1.92. The first-order valence-corrected chi connectivity index (χ1v) is 6.18. The van der Waals surface area contributed by atoms with Crippen molar-refractivity contribution in [3.05, 3.63) is 17.5 Å². The van der Waals surface area contributed by atoms with Crippen LogP contribution in [-0.4, -0.2) is 29.7 Å². The molecule has 4 nitrogen and oxygen atoms in total.